The number of halogens is 1. The third kappa shape index (κ3) is 4.46. The van der Waals surface area contributed by atoms with E-state index < -0.39 is 0 Å². The molecule has 0 amide bonds. The molecule has 0 bridgehead atoms. The fraction of sp³-hybridized carbons (Fsp3) is 0.227. The van der Waals surface area contributed by atoms with Crippen LogP contribution in [0.25, 0.3) is 5.69 Å². The van der Waals surface area contributed by atoms with E-state index >= 15 is 0 Å². The Morgan fingerprint density at radius 2 is 2.14 bits per heavy atom. The van der Waals surface area contributed by atoms with Crippen LogP contribution in [-0.2, 0) is 11.2 Å². The van der Waals surface area contributed by atoms with Gasteiger partial charge >= 0.3 is 0 Å². The molecular weight excluding hydrogens is 432 g/mol. The maximum Gasteiger partial charge on any atom is 0.170 e. The monoisotopic (exact) mass is 450 g/mol. The molecule has 0 aliphatic carbocycles. The molecule has 146 valence electrons. The number of morpholine rings is 1. The maximum absolute atomic E-state index is 12.7. The maximum atomic E-state index is 12.7. The Morgan fingerprint density at radius 1 is 1.31 bits per heavy atom. The number of Topliss-reactive ketones (excluding diaryl/α,β-unsaturated/α-hetero) is 1. The minimum Gasteiger partial charge on any atom is -0.371 e. The van der Waals surface area contributed by atoms with Gasteiger partial charge in [-0.1, -0.05) is 40.2 Å². The summed E-state index contributed by atoms with van der Waals surface area (Å²) in [5, 5.41) is 16.9. The molecule has 4 rings (SSSR count). The number of hydrogen-bond donors (Lipinski definition) is 1. The first-order valence-corrected chi connectivity index (χ1v) is 10.1. The number of carbonyl (C=O) groups is 1. The highest BCUT2D eigenvalue weighted by atomic mass is 79.9. The number of hydrogen-bond acceptors (Lipinski definition) is 5. The van der Waals surface area contributed by atoms with Crippen molar-refractivity contribution < 1.29 is 9.53 Å². The van der Waals surface area contributed by atoms with Gasteiger partial charge in [0.25, 0.3) is 0 Å². The number of ether oxygens (including phenoxy) is 1. The molecule has 1 saturated heterocycles. The summed E-state index contributed by atoms with van der Waals surface area (Å²) in [6.45, 7) is 2.39. The molecule has 0 radical (unpaired) electrons. The predicted molar refractivity (Wildman–Crippen MR) is 112 cm³/mol. The summed E-state index contributed by atoms with van der Waals surface area (Å²) in [6, 6.07) is 15.5. The van der Waals surface area contributed by atoms with E-state index in [1.807, 2.05) is 30.3 Å². The van der Waals surface area contributed by atoms with Gasteiger partial charge in [0, 0.05) is 30.2 Å². The molecule has 1 fully saturated rings. The molecule has 0 saturated carbocycles. The van der Waals surface area contributed by atoms with Gasteiger partial charge in [-0.15, -0.1) is 0 Å². The number of nitriles is 1. The van der Waals surface area contributed by atoms with Crippen LogP contribution in [0.1, 0.15) is 33.2 Å². The van der Waals surface area contributed by atoms with Crippen molar-refractivity contribution in [2.75, 3.05) is 19.7 Å². The summed E-state index contributed by atoms with van der Waals surface area (Å²) in [4.78, 5) is 12.7. The summed E-state index contributed by atoms with van der Waals surface area (Å²) in [7, 11) is 0. The first kappa shape index (κ1) is 19.5. The molecular formula is C22H19BrN4O2. The SMILES string of the molecule is N#Cc1cc(Br)ccc1-n1cc(C(=O)Cc2ccc([C@H]3CNCCO3)cc2)cn1. The van der Waals surface area contributed by atoms with Crippen molar-refractivity contribution in [3.8, 4) is 11.8 Å². The molecule has 1 atom stereocenters. The van der Waals surface area contributed by atoms with Gasteiger partial charge in [-0.2, -0.15) is 10.4 Å². The zero-order valence-corrected chi connectivity index (χ0v) is 17.2. The van der Waals surface area contributed by atoms with E-state index in [1.54, 1.807) is 29.2 Å². The average molecular weight is 451 g/mol. The lowest BCUT2D eigenvalue weighted by molar-refractivity contribution is 0.0277. The van der Waals surface area contributed by atoms with Gasteiger partial charge in [0.15, 0.2) is 5.78 Å². The van der Waals surface area contributed by atoms with Gasteiger partial charge in [0.05, 0.1) is 35.7 Å². The fourth-order valence-electron chi connectivity index (χ4n) is 3.31. The van der Waals surface area contributed by atoms with Crippen molar-refractivity contribution in [3.63, 3.8) is 0 Å². The van der Waals surface area contributed by atoms with Gasteiger partial charge < -0.3 is 10.1 Å². The second-order valence-corrected chi connectivity index (χ2v) is 7.77. The van der Waals surface area contributed by atoms with Crippen LogP contribution >= 0.6 is 15.9 Å². The second kappa shape index (κ2) is 8.70. The second-order valence-electron chi connectivity index (χ2n) is 6.85. The Bertz CT molecular complexity index is 1060. The van der Waals surface area contributed by atoms with E-state index in [2.05, 4.69) is 32.4 Å². The van der Waals surface area contributed by atoms with Crippen molar-refractivity contribution in [2.45, 2.75) is 12.5 Å². The van der Waals surface area contributed by atoms with Gasteiger partial charge in [-0.25, -0.2) is 4.68 Å². The van der Waals surface area contributed by atoms with Gasteiger partial charge in [-0.05, 0) is 29.3 Å². The van der Waals surface area contributed by atoms with Crippen LogP contribution in [0.3, 0.4) is 0 Å². The highest BCUT2D eigenvalue weighted by Gasteiger charge is 2.16. The standard InChI is InChI=1S/C22H19BrN4O2/c23-19-5-6-20(17(10-19)11-24)27-14-18(12-26-27)21(28)9-15-1-3-16(4-2-15)22-13-25-7-8-29-22/h1-6,10,12,14,22,25H,7-9,13H2/t22-/m1/s1. The average Bonchev–Trinajstić information content (AvgIpc) is 3.25. The van der Waals surface area contributed by atoms with Crippen LogP contribution in [0.4, 0.5) is 0 Å². The molecule has 2 aromatic carbocycles. The first-order valence-electron chi connectivity index (χ1n) is 9.33. The molecule has 1 N–H and O–H groups in total. The molecule has 2 heterocycles. The predicted octanol–water partition coefficient (Wildman–Crippen LogP) is 3.59. The summed E-state index contributed by atoms with van der Waals surface area (Å²) < 4.78 is 8.14. The molecule has 1 aliphatic heterocycles. The Hall–Kier alpha value is -2.79. The van der Waals surface area contributed by atoms with E-state index in [4.69, 9.17) is 4.74 Å². The molecule has 0 spiro atoms. The largest absolute Gasteiger partial charge is 0.371 e. The molecule has 6 nitrogen and oxygen atoms in total. The van der Waals surface area contributed by atoms with Crippen LogP contribution < -0.4 is 5.32 Å². The molecule has 7 heteroatoms. The van der Waals surface area contributed by atoms with Gasteiger partial charge in [0.1, 0.15) is 6.07 Å². The van der Waals surface area contributed by atoms with Crippen LogP contribution in [0.5, 0.6) is 0 Å². The molecule has 29 heavy (non-hydrogen) atoms. The molecule has 1 aliphatic rings. The number of ketones is 1. The smallest absolute Gasteiger partial charge is 0.170 e. The minimum absolute atomic E-state index is 0.0183. The van der Waals surface area contributed by atoms with E-state index in [0.29, 0.717) is 29.8 Å². The molecule has 1 aromatic heterocycles. The lowest BCUT2D eigenvalue weighted by atomic mass is 10.0. The Morgan fingerprint density at radius 3 is 2.86 bits per heavy atom. The van der Waals surface area contributed by atoms with Crippen LogP contribution in [-0.4, -0.2) is 35.3 Å². The van der Waals surface area contributed by atoms with Gasteiger partial charge in [-0.3, -0.25) is 4.79 Å². The minimum atomic E-state index is -0.0183. The Kier molecular flexibility index (Phi) is 5.86. The number of aromatic nitrogens is 2. The highest BCUT2D eigenvalue weighted by Crippen LogP contribution is 2.21. The van der Waals surface area contributed by atoms with E-state index in [9.17, 15) is 10.1 Å². The van der Waals surface area contributed by atoms with E-state index in [1.165, 1.54) is 0 Å². The zero-order valence-electron chi connectivity index (χ0n) is 15.6. The highest BCUT2D eigenvalue weighted by molar-refractivity contribution is 9.10. The van der Waals surface area contributed by atoms with E-state index in [0.717, 1.165) is 28.7 Å². The van der Waals surface area contributed by atoms with Crippen LogP contribution in [0.2, 0.25) is 0 Å². The number of rotatable bonds is 5. The van der Waals surface area contributed by atoms with Crippen LogP contribution in [0, 0.1) is 11.3 Å². The zero-order chi connectivity index (χ0) is 20.2. The third-order valence-corrected chi connectivity index (χ3v) is 5.37. The number of carbonyl (C=O) groups excluding carboxylic acids is 1. The number of nitrogens with zero attached hydrogens (tertiary/aromatic N) is 3. The van der Waals surface area contributed by atoms with Crippen molar-refractivity contribution in [3.05, 3.63) is 81.6 Å². The molecule has 3 aromatic rings. The third-order valence-electron chi connectivity index (χ3n) is 4.87. The summed E-state index contributed by atoms with van der Waals surface area (Å²) in [5.74, 6) is -0.0183. The summed E-state index contributed by atoms with van der Waals surface area (Å²) in [5.41, 5.74) is 3.69. The number of nitrogens with one attached hydrogen (secondary N) is 1. The normalized spacial score (nSPS) is 16.3. The first-order chi connectivity index (χ1) is 14.1. The van der Waals surface area contributed by atoms with Crippen molar-refractivity contribution in [1.29, 1.82) is 5.26 Å². The lowest BCUT2D eigenvalue weighted by Gasteiger charge is -2.24. The van der Waals surface area contributed by atoms with Crippen molar-refractivity contribution >= 4 is 21.7 Å². The van der Waals surface area contributed by atoms with Crippen molar-refractivity contribution in [2.24, 2.45) is 0 Å². The Labute approximate surface area is 177 Å². The summed E-state index contributed by atoms with van der Waals surface area (Å²) >= 11 is 3.36. The number of benzene rings is 2. The fourth-order valence-corrected chi connectivity index (χ4v) is 3.67. The topological polar surface area (TPSA) is 79.9 Å². The van der Waals surface area contributed by atoms with Gasteiger partial charge in [0.2, 0.25) is 0 Å². The van der Waals surface area contributed by atoms with Crippen LogP contribution in [0.15, 0.2) is 59.3 Å². The Balaban J connectivity index is 1.46. The molecule has 0 unspecified atom stereocenters. The summed E-state index contributed by atoms with van der Waals surface area (Å²) in [6.07, 6.45) is 3.57. The quantitative estimate of drug-likeness (QED) is 0.600. The lowest BCUT2D eigenvalue weighted by Crippen LogP contribution is -2.33. The van der Waals surface area contributed by atoms with Crippen molar-refractivity contribution in [1.82, 2.24) is 15.1 Å². The van der Waals surface area contributed by atoms with E-state index in [-0.39, 0.29) is 11.9 Å².